The van der Waals surface area contributed by atoms with Gasteiger partial charge < -0.3 is 9.88 Å². The molecule has 1 heterocycles. The molecule has 0 aliphatic carbocycles. The predicted octanol–water partition coefficient (Wildman–Crippen LogP) is 4.13. The molecule has 0 unspecified atom stereocenters. The number of hydrogen-bond donors (Lipinski definition) is 1. The first-order valence-electron chi connectivity index (χ1n) is 9.12. The van der Waals surface area contributed by atoms with Crippen LogP contribution in [0.4, 0.5) is 4.39 Å². The van der Waals surface area contributed by atoms with E-state index < -0.39 is 0 Å². The molecule has 1 N–H and O–H groups in total. The number of halogens is 1. The van der Waals surface area contributed by atoms with Gasteiger partial charge in [-0.15, -0.1) is 10.2 Å². The molecule has 5 nitrogen and oxygen atoms in total. The molecule has 0 spiro atoms. The molecular weight excluding hydrogens is 375 g/mol. The number of carbonyl (C=O) groups excluding carboxylic acids is 1. The molecule has 0 radical (unpaired) electrons. The van der Waals surface area contributed by atoms with E-state index in [1.165, 1.54) is 17.8 Å². The Morgan fingerprint density at radius 2 is 2.00 bits per heavy atom. The SMILES string of the molecule is CCn1c(SCC(=O)NCc2ccc(F)c(C)c2)nnc1-c1cccc(C)c1. The molecular formula is C21H23FN4OS. The number of nitrogens with one attached hydrogen (secondary N) is 1. The minimum atomic E-state index is -0.242. The summed E-state index contributed by atoms with van der Waals surface area (Å²) in [7, 11) is 0. The van der Waals surface area contributed by atoms with Gasteiger partial charge in [0.05, 0.1) is 5.75 Å². The second-order valence-corrected chi connectivity index (χ2v) is 7.51. The van der Waals surface area contributed by atoms with Crippen molar-refractivity contribution in [2.24, 2.45) is 0 Å². The number of aromatic nitrogens is 3. The topological polar surface area (TPSA) is 59.8 Å². The van der Waals surface area contributed by atoms with Crippen LogP contribution in [0.1, 0.15) is 23.6 Å². The van der Waals surface area contributed by atoms with Crippen LogP contribution in [0.3, 0.4) is 0 Å². The van der Waals surface area contributed by atoms with E-state index in [2.05, 4.69) is 21.6 Å². The lowest BCUT2D eigenvalue weighted by Crippen LogP contribution is -2.24. The van der Waals surface area contributed by atoms with Crippen LogP contribution < -0.4 is 5.32 Å². The summed E-state index contributed by atoms with van der Waals surface area (Å²) in [6, 6.07) is 13.0. The summed E-state index contributed by atoms with van der Waals surface area (Å²) in [5, 5.41) is 12.1. The number of hydrogen-bond acceptors (Lipinski definition) is 4. The van der Waals surface area contributed by atoms with Crippen LogP contribution in [0.15, 0.2) is 47.6 Å². The average molecular weight is 399 g/mol. The largest absolute Gasteiger partial charge is 0.351 e. The number of amides is 1. The molecule has 3 aromatic rings. The molecule has 0 bridgehead atoms. The number of nitrogens with zero attached hydrogens (tertiary/aromatic N) is 3. The third-order valence-corrected chi connectivity index (χ3v) is 5.32. The summed E-state index contributed by atoms with van der Waals surface area (Å²) < 4.78 is 15.3. The lowest BCUT2D eigenvalue weighted by molar-refractivity contribution is -0.118. The van der Waals surface area contributed by atoms with E-state index in [1.807, 2.05) is 36.6 Å². The smallest absolute Gasteiger partial charge is 0.230 e. The van der Waals surface area contributed by atoms with E-state index in [0.29, 0.717) is 17.3 Å². The van der Waals surface area contributed by atoms with Crippen molar-refractivity contribution < 1.29 is 9.18 Å². The first kappa shape index (κ1) is 20.1. The Kier molecular flexibility index (Phi) is 6.46. The van der Waals surface area contributed by atoms with Gasteiger partial charge in [-0.05, 0) is 44.0 Å². The van der Waals surface area contributed by atoms with Crippen molar-refractivity contribution in [3.63, 3.8) is 0 Å². The molecule has 146 valence electrons. The third-order valence-electron chi connectivity index (χ3n) is 4.35. The highest BCUT2D eigenvalue weighted by molar-refractivity contribution is 7.99. The summed E-state index contributed by atoms with van der Waals surface area (Å²) in [5.74, 6) is 0.700. The Balaban J connectivity index is 1.61. The summed E-state index contributed by atoms with van der Waals surface area (Å²) in [4.78, 5) is 12.2. The Morgan fingerprint density at radius 1 is 1.18 bits per heavy atom. The molecule has 7 heteroatoms. The van der Waals surface area contributed by atoms with Gasteiger partial charge in [-0.25, -0.2) is 4.39 Å². The lowest BCUT2D eigenvalue weighted by atomic mass is 10.1. The van der Waals surface area contributed by atoms with Gasteiger partial charge in [-0.3, -0.25) is 4.79 Å². The van der Waals surface area contributed by atoms with Crippen molar-refractivity contribution in [3.05, 3.63) is 65.0 Å². The van der Waals surface area contributed by atoms with E-state index in [4.69, 9.17) is 0 Å². The van der Waals surface area contributed by atoms with Crippen LogP contribution in [0, 0.1) is 19.7 Å². The normalized spacial score (nSPS) is 10.9. The molecule has 0 fully saturated rings. The van der Waals surface area contributed by atoms with Crippen LogP contribution in [-0.4, -0.2) is 26.4 Å². The van der Waals surface area contributed by atoms with Gasteiger partial charge in [0.25, 0.3) is 0 Å². The molecule has 0 saturated heterocycles. The molecule has 0 aliphatic rings. The first-order chi connectivity index (χ1) is 13.5. The van der Waals surface area contributed by atoms with Gasteiger partial charge in [0.1, 0.15) is 5.82 Å². The Morgan fingerprint density at radius 3 is 2.71 bits per heavy atom. The maximum Gasteiger partial charge on any atom is 0.230 e. The summed E-state index contributed by atoms with van der Waals surface area (Å²) in [5.41, 5.74) is 3.61. The van der Waals surface area contributed by atoms with Crippen molar-refractivity contribution in [2.75, 3.05) is 5.75 Å². The van der Waals surface area contributed by atoms with Gasteiger partial charge in [-0.1, -0.05) is 47.7 Å². The van der Waals surface area contributed by atoms with Gasteiger partial charge in [0.2, 0.25) is 5.91 Å². The molecule has 1 aromatic heterocycles. The highest BCUT2D eigenvalue weighted by Crippen LogP contribution is 2.24. The zero-order valence-electron chi connectivity index (χ0n) is 16.2. The fraction of sp³-hybridized carbons (Fsp3) is 0.286. The fourth-order valence-electron chi connectivity index (χ4n) is 2.88. The third kappa shape index (κ3) is 4.78. The van der Waals surface area contributed by atoms with Gasteiger partial charge in [0, 0.05) is 18.7 Å². The van der Waals surface area contributed by atoms with Gasteiger partial charge in [0.15, 0.2) is 11.0 Å². The number of aryl methyl sites for hydroxylation is 2. The number of thioether (sulfide) groups is 1. The van der Waals surface area contributed by atoms with Crippen molar-refractivity contribution in [2.45, 2.75) is 39.0 Å². The predicted molar refractivity (Wildman–Crippen MR) is 110 cm³/mol. The summed E-state index contributed by atoms with van der Waals surface area (Å²) in [6.07, 6.45) is 0. The van der Waals surface area contributed by atoms with E-state index in [-0.39, 0.29) is 17.5 Å². The van der Waals surface area contributed by atoms with Crippen LogP contribution >= 0.6 is 11.8 Å². The summed E-state index contributed by atoms with van der Waals surface area (Å²) in [6.45, 7) is 6.87. The minimum Gasteiger partial charge on any atom is -0.351 e. The number of benzene rings is 2. The van der Waals surface area contributed by atoms with Crippen molar-refractivity contribution in [3.8, 4) is 11.4 Å². The number of carbonyl (C=O) groups is 1. The Bertz CT molecular complexity index is 986. The van der Waals surface area contributed by atoms with E-state index in [0.717, 1.165) is 29.1 Å². The Hall–Kier alpha value is -2.67. The molecule has 1 amide bonds. The second kappa shape index (κ2) is 9.01. The zero-order chi connectivity index (χ0) is 20.1. The van der Waals surface area contributed by atoms with Gasteiger partial charge in [-0.2, -0.15) is 0 Å². The molecule has 0 saturated carbocycles. The zero-order valence-corrected chi connectivity index (χ0v) is 17.0. The maximum absolute atomic E-state index is 13.3. The Labute approximate surface area is 168 Å². The van der Waals surface area contributed by atoms with Crippen LogP contribution in [-0.2, 0) is 17.9 Å². The van der Waals surface area contributed by atoms with E-state index >= 15 is 0 Å². The van der Waals surface area contributed by atoms with Crippen LogP contribution in [0.5, 0.6) is 0 Å². The highest BCUT2D eigenvalue weighted by Gasteiger charge is 2.14. The minimum absolute atomic E-state index is 0.102. The molecule has 0 aliphatic heterocycles. The van der Waals surface area contributed by atoms with Crippen molar-refractivity contribution in [1.82, 2.24) is 20.1 Å². The molecule has 0 atom stereocenters. The number of rotatable bonds is 7. The molecule has 28 heavy (non-hydrogen) atoms. The van der Waals surface area contributed by atoms with Crippen LogP contribution in [0.2, 0.25) is 0 Å². The fourth-order valence-corrected chi connectivity index (χ4v) is 3.71. The first-order valence-corrected chi connectivity index (χ1v) is 10.1. The quantitative estimate of drug-likeness (QED) is 0.608. The molecule has 2 aromatic carbocycles. The van der Waals surface area contributed by atoms with E-state index in [1.54, 1.807) is 19.1 Å². The van der Waals surface area contributed by atoms with Crippen LogP contribution in [0.25, 0.3) is 11.4 Å². The second-order valence-electron chi connectivity index (χ2n) is 6.57. The highest BCUT2D eigenvalue weighted by atomic mass is 32.2. The standard InChI is InChI=1S/C21H23FN4OS/c1-4-26-20(17-7-5-6-14(2)10-17)24-25-21(26)28-13-19(27)23-12-16-8-9-18(22)15(3)11-16/h5-11H,4,12-13H2,1-3H3,(H,23,27). The molecule has 3 rings (SSSR count). The summed E-state index contributed by atoms with van der Waals surface area (Å²) >= 11 is 1.36. The maximum atomic E-state index is 13.3. The lowest BCUT2D eigenvalue weighted by Gasteiger charge is -2.09. The van der Waals surface area contributed by atoms with Crippen molar-refractivity contribution >= 4 is 17.7 Å². The monoisotopic (exact) mass is 398 g/mol. The van der Waals surface area contributed by atoms with Gasteiger partial charge >= 0.3 is 0 Å². The van der Waals surface area contributed by atoms with E-state index in [9.17, 15) is 9.18 Å². The average Bonchev–Trinajstić information content (AvgIpc) is 3.10. The van der Waals surface area contributed by atoms with Crippen molar-refractivity contribution in [1.29, 1.82) is 0 Å².